The second-order valence-electron chi connectivity index (χ2n) is 6.62. The molecule has 164 valence electrons. The highest BCUT2D eigenvalue weighted by Crippen LogP contribution is 2.10. The molecule has 3 aromatic rings. The van der Waals surface area contributed by atoms with Gasteiger partial charge in [0.25, 0.3) is 11.8 Å². The van der Waals surface area contributed by atoms with E-state index in [0.29, 0.717) is 27.3 Å². The predicted octanol–water partition coefficient (Wildman–Crippen LogP) is 2.78. The number of carboxylic acids is 2. The van der Waals surface area contributed by atoms with Gasteiger partial charge in [-0.05, 0) is 35.4 Å². The fourth-order valence-electron chi connectivity index (χ4n) is 2.76. The molecule has 0 saturated heterocycles. The van der Waals surface area contributed by atoms with E-state index in [9.17, 15) is 19.2 Å². The maximum atomic E-state index is 11.9. The van der Waals surface area contributed by atoms with Crippen LogP contribution < -0.4 is 5.84 Å². The van der Waals surface area contributed by atoms with Gasteiger partial charge in [-0.1, -0.05) is 60.7 Å². The summed E-state index contributed by atoms with van der Waals surface area (Å²) in [5.41, 5.74) is 1.87. The number of amides is 2. The van der Waals surface area contributed by atoms with Crippen LogP contribution in [-0.4, -0.2) is 39.0 Å². The van der Waals surface area contributed by atoms with Gasteiger partial charge < -0.3 is 10.2 Å². The Labute approximate surface area is 184 Å². The van der Waals surface area contributed by atoms with Crippen LogP contribution in [0.25, 0.3) is 0 Å². The lowest BCUT2D eigenvalue weighted by Crippen LogP contribution is -2.42. The van der Waals surface area contributed by atoms with Gasteiger partial charge in [-0.3, -0.25) is 19.2 Å². The van der Waals surface area contributed by atoms with Gasteiger partial charge in [0, 0.05) is 11.1 Å². The van der Waals surface area contributed by atoms with E-state index in [1.54, 1.807) is 84.9 Å². The van der Waals surface area contributed by atoms with E-state index >= 15 is 0 Å². The molecule has 0 atom stereocenters. The maximum absolute atomic E-state index is 11.9. The molecule has 0 fully saturated rings. The van der Waals surface area contributed by atoms with Gasteiger partial charge in [-0.15, -0.1) is 0 Å². The molecule has 0 aliphatic heterocycles. The predicted molar refractivity (Wildman–Crippen MR) is 117 cm³/mol. The van der Waals surface area contributed by atoms with Crippen molar-refractivity contribution in [1.29, 1.82) is 0 Å². The van der Waals surface area contributed by atoms with Gasteiger partial charge in [0.15, 0.2) is 0 Å². The van der Waals surface area contributed by atoms with Gasteiger partial charge in [0.1, 0.15) is 0 Å². The molecule has 0 spiro atoms. The number of aliphatic carboxylic acids is 2. The van der Waals surface area contributed by atoms with E-state index in [0.717, 1.165) is 0 Å². The lowest BCUT2D eigenvalue weighted by molar-refractivity contribution is -0.137. The zero-order chi connectivity index (χ0) is 23.5. The van der Waals surface area contributed by atoms with Crippen molar-refractivity contribution in [2.75, 3.05) is 0 Å². The average Bonchev–Trinajstić information content (AvgIpc) is 2.80. The smallest absolute Gasteiger partial charge is 0.307 e. The molecule has 8 heteroatoms. The molecule has 0 radical (unpaired) electrons. The van der Waals surface area contributed by atoms with Crippen LogP contribution in [0.1, 0.15) is 31.8 Å². The average molecular weight is 434 g/mol. The fraction of sp³-hybridized carbons (Fsp3) is 0.0833. The summed E-state index contributed by atoms with van der Waals surface area (Å²) in [5, 5.41) is 17.8. The van der Waals surface area contributed by atoms with Crippen molar-refractivity contribution in [2.45, 2.75) is 12.8 Å². The summed E-state index contributed by atoms with van der Waals surface area (Å²) in [7, 11) is 0. The van der Waals surface area contributed by atoms with E-state index in [2.05, 4.69) is 0 Å². The van der Waals surface area contributed by atoms with Crippen molar-refractivity contribution in [2.24, 2.45) is 5.84 Å². The standard InChI is InChI=1S/C14H12N2O2.C10H10O4/c15-16(13(17)11-7-3-1-4-8-11)14(18)12-9-5-2-6-10-12;11-9(12)5-7-3-1-2-4-8(7)6-10(13)14/h1-10H,15H2;1-4H,5-6H2,(H,11,12)(H,13,14). The Morgan fingerprint density at radius 1 is 0.594 bits per heavy atom. The minimum Gasteiger partial charge on any atom is -0.481 e. The highest BCUT2D eigenvalue weighted by Gasteiger charge is 2.20. The summed E-state index contributed by atoms with van der Waals surface area (Å²) >= 11 is 0. The quantitative estimate of drug-likeness (QED) is 0.235. The Hall–Kier alpha value is -4.30. The number of carbonyl (C=O) groups is 4. The number of nitrogens with zero attached hydrogens (tertiary/aromatic N) is 1. The first-order valence-electron chi connectivity index (χ1n) is 9.53. The van der Waals surface area contributed by atoms with Gasteiger partial charge in [-0.25, -0.2) is 10.9 Å². The van der Waals surface area contributed by atoms with Crippen LogP contribution >= 0.6 is 0 Å². The lowest BCUT2D eigenvalue weighted by atomic mass is 10.0. The molecular weight excluding hydrogens is 412 g/mol. The minimum absolute atomic E-state index is 0.135. The molecule has 4 N–H and O–H groups in total. The normalized spacial score (nSPS) is 9.78. The molecule has 3 aromatic carbocycles. The minimum atomic E-state index is -0.956. The highest BCUT2D eigenvalue weighted by atomic mass is 16.4. The zero-order valence-corrected chi connectivity index (χ0v) is 17.0. The number of hydrogen-bond acceptors (Lipinski definition) is 5. The molecule has 0 aromatic heterocycles. The van der Waals surface area contributed by atoms with Crippen LogP contribution in [0.3, 0.4) is 0 Å². The third-order valence-corrected chi connectivity index (χ3v) is 4.28. The molecule has 8 nitrogen and oxygen atoms in total. The first-order chi connectivity index (χ1) is 15.3. The number of hydrogen-bond donors (Lipinski definition) is 3. The third-order valence-electron chi connectivity index (χ3n) is 4.28. The lowest BCUT2D eigenvalue weighted by Gasteiger charge is -2.14. The van der Waals surface area contributed by atoms with Crippen molar-refractivity contribution >= 4 is 23.8 Å². The molecule has 0 unspecified atom stereocenters. The van der Waals surface area contributed by atoms with Crippen molar-refractivity contribution in [3.63, 3.8) is 0 Å². The second kappa shape index (κ2) is 11.8. The summed E-state index contributed by atoms with van der Waals surface area (Å²) in [4.78, 5) is 44.8. The third kappa shape index (κ3) is 7.19. The number of carbonyl (C=O) groups excluding carboxylic acids is 2. The Balaban J connectivity index is 0.000000235. The van der Waals surface area contributed by atoms with Crippen LogP contribution in [0, 0.1) is 0 Å². The monoisotopic (exact) mass is 434 g/mol. The van der Waals surface area contributed by atoms with Crippen molar-refractivity contribution < 1.29 is 29.4 Å². The Morgan fingerprint density at radius 2 is 0.906 bits per heavy atom. The van der Waals surface area contributed by atoms with Crippen molar-refractivity contribution in [3.8, 4) is 0 Å². The van der Waals surface area contributed by atoms with Gasteiger partial charge in [-0.2, -0.15) is 0 Å². The first kappa shape index (κ1) is 24.0. The van der Waals surface area contributed by atoms with Crippen molar-refractivity contribution in [1.82, 2.24) is 5.01 Å². The largest absolute Gasteiger partial charge is 0.481 e. The van der Waals surface area contributed by atoms with E-state index in [4.69, 9.17) is 16.1 Å². The number of rotatable bonds is 6. The topological polar surface area (TPSA) is 138 Å². The molecule has 0 heterocycles. The van der Waals surface area contributed by atoms with E-state index in [1.807, 2.05) is 0 Å². The van der Waals surface area contributed by atoms with Gasteiger partial charge in [0.2, 0.25) is 0 Å². The molecule has 0 saturated carbocycles. The summed E-state index contributed by atoms with van der Waals surface area (Å²) in [6.07, 6.45) is -0.271. The molecule has 32 heavy (non-hydrogen) atoms. The molecule has 0 bridgehead atoms. The summed E-state index contributed by atoms with van der Waals surface area (Å²) in [6, 6.07) is 23.5. The summed E-state index contributed by atoms with van der Waals surface area (Å²) in [5.74, 6) is 2.60. The Bertz CT molecular complexity index is 997. The number of hydrazine groups is 1. The van der Waals surface area contributed by atoms with Crippen LogP contribution in [0.2, 0.25) is 0 Å². The fourth-order valence-corrected chi connectivity index (χ4v) is 2.76. The van der Waals surface area contributed by atoms with Crippen molar-refractivity contribution in [3.05, 3.63) is 107 Å². The molecule has 3 rings (SSSR count). The Kier molecular flexibility index (Phi) is 8.82. The number of imide groups is 1. The highest BCUT2D eigenvalue weighted by molar-refractivity contribution is 6.09. The first-order valence-corrected chi connectivity index (χ1v) is 9.53. The molecule has 0 aliphatic carbocycles. The van der Waals surface area contributed by atoms with Crippen LogP contribution in [-0.2, 0) is 22.4 Å². The molecular formula is C24H22N2O6. The molecule has 2 amide bonds. The van der Waals surface area contributed by atoms with Gasteiger partial charge in [0.05, 0.1) is 12.8 Å². The second-order valence-corrected chi connectivity index (χ2v) is 6.62. The zero-order valence-electron chi connectivity index (χ0n) is 17.0. The van der Waals surface area contributed by atoms with Crippen LogP contribution in [0.4, 0.5) is 0 Å². The Morgan fingerprint density at radius 3 is 1.22 bits per heavy atom. The number of carboxylic acid groups (broad SMARTS) is 2. The van der Waals surface area contributed by atoms with E-state index in [-0.39, 0.29) is 12.8 Å². The van der Waals surface area contributed by atoms with E-state index in [1.165, 1.54) is 0 Å². The summed E-state index contributed by atoms with van der Waals surface area (Å²) in [6.45, 7) is 0. The van der Waals surface area contributed by atoms with Crippen LogP contribution in [0.15, 0.2) is 84.9 Å². The number of benzene rings is 3. The van der Waals surface area contributed by atoms with Gasteiger partial charge >= 0.3 is 11.9 Å². The number of nitrogens with two attached hydrogens (primary N) is 1. The maximum Gasteiger partial charge on any atom is 0.307 e. The summed E-state index contributed by atoms with van der Waals surface area (Å²) < 4.78 is 0. The molecule has 0 aliphatic rings. The SMILES string of the molecule is NN(C(=O)c1ccccc1)C(=O)c1ccccc1.O=C(O)Cc1ccccc1CC(=O)O. The van der Waals surface area contributed by atoms with Crippen LogP contribution in [0.5, 0.6) is 0 Å². The van der Waals surface area contributed by atoms with E-state index < -0.39 is 23.8 Å².